The summed E-state index contributed by atoms with van der Waals surface area (Å²) in [5.41, 5.74) is 1.46. The van der Waals surface area contributed by atoms with Gasteiger partial charge in [0.2, 0.25) is 11.8 Å². The lowest BCUT2D eigenvalue weighted by Gasteiger charge is -2.34. The number of rotatable bonds is 16. The van der Waals surface area contributed by atoms with Crippen molar-refractivity contribution < 1.29 is 32.2 Å². The zero-order chi connectivity index (χ0) is 37.3. The molecule has 2 amide bonds. The van der Waals surface area contributed by atoms with Gasteiger partial charge < -0.3 is 24.4 Å². The van der Waals surface area contributed by atoms with E-state index < -0.39 is 28.5 Å². The highest BCUT2D eigenvalue weighted by atomic mass is 35.5. The maximum Gasteiger partial charge on any atom is 0.264 e. The highest BCUT2D eigenvalue weighted by Crippen LogP contribution is 2.34. The van der Waals surface area contributed by atoms with E-state index in [1.54, 1.807) is 42.5 Å². The standard InChI is InChI=1S/C39H43Cl2N3O7S/c1-4-51-30-19-17-29(18-20-30)44(52(47,48)31-21-22-36(49-2)37(24-31)50-3)26-38(45)43(25-32-33(40)15-10-16-34(32)41)35(23-27-11-6-5-7-12-27)39(46)42-28-13-8-9-14-28/h5-7,10-12,15-22,24,28,35H,4,8-9,13-14,23,25-26H2,1-3H3,(H,42,46)/t35-/m0/s1. The number of anilines is 1. The van der Waals surface area contributed by atoms with E-state index in [0.717, 1.165) is 35.6 Å². The zero-order valence-electron chi connectivity index (χ0n) is 29.4. The summed E-state index contributed by atoms with van der Waals surface area (Å²) in [7, 11) is -1.57. The minimum absolute atomic E-state index is 0.0302. The van der Waals surface area contributed by atoms with Crippen molar-refractivity contribution in [1.29, 1.82) is 0 Å². The fourth-order valence-corrected chi connectivity index (χ4v) is 8.23. The van der Waals surface area contributed by atoms with E-state index in [1.165, 1.54) is 37.3 Å². The van der Waals surface area contributed by atoms with E-state index in [4.69, 9.17) is 37.4 Å². The van der Waals surface area contributed by atoms with Gasteiger partial charge in [-0.3, -0.25) is 13.9 Å². The smallest absolute Gasteiger partial charge is 0.264 e. The molecule has 0 saturated heterocycles. The molecule has 0 aliphatic heterocycles. The number of hydrogen-bond acceptors (Lipinski definition) is 7. The number of ether oxygens (including phenoxy) is 3. The summed E-state index contributed by atoms with van der Waals surface area (Å²) in [6.07, 6.45) is 3.83. The van der Waals surface area contributed by atoms with Gasteiger partial charge >= 0.3 is 0 Å². The van der Waals surface area contributed by atoms with Crippen LogP contribution < -0.4 is 23.8 Å². The number of carbonyl (C=O) groups is 2. The van der Waals surface area contributed by atoms with Crippen molar-refractivity contribution >= 4 is 50.7 Å². The Morgan fingerprint density at radius 2 is 1.52 bits per heavy atom. The Morgan fingerprint density at radius 1 is 0.865 bits per heavy atom. The lowest BCUT2D eigenvalue weighted by Crippen LogP contribution is -2.54. The molecule has 10 nitrogen and oxygen atoms in total. The molecule has 0 heterocycles. The molecule has 52 heavy (non-hydrogen) atoms. The number of sulfonamides is 1. The highest BCUT2D eigenvalue weighted by Gasteiger charge is 2.36. The van der Waals surface area contributed by atoms with Gasteiger partial charge in [0, 0.05) is 40.7 Å². The third-order valence-electron chi connectivity index (χ3n) is 9.02. The number of methoxy groups -OCH3 is 2. The Labute approximate surface area is 315 Å². The van der Waals surface area contributed by atoms with Gasteiger partial charge in [0.05, 0.1) is 31.4 Å². The van der Waals surface area contributed by atoms with E-state index in [0.29, 0.717) is 33.7 Å². The molecule has 0 spiro atoms. The summed E-state index contributed by atoms with van der Waals surface area (Å²) < 4.78 is 46.5. The summed E-state index contributed by atoms with van der Waals surface area (Å²) in [6, 6.07) is 23.9. The second kappa shape index (κ2) is 17.9. The van der Waals surface area contributed by atoms with Crippen molar-refractivity contribution in [2.75, 3.05) is 31.7 Å². The summed E-state index contributed by atoms with van der Waals surface area (Å²) in [5, 5.41) is 3.78. The van der Waals surface area contributed by atoms with Crippen LogP contribution in [-0.4, -0.2) is 64.6 Å². The Hall–Kier alpha value is -4.45. The Bertz CT molecular complexity index is 1920. The minimum Gasteiger partial charge on any atom is -0.494 e. The number of amides is 2. The van der Waals surface area contributed by atoms with Gasteiger partial charge in [-0.15, -0.1) is 0 Å². The number of benzene rings is 4. The van der Waals surface area contributed by atoms with E-state index in [-0.39, 0.29) is 41.2 Å². The first kappa shape index (κ1) is 38.8. The number of hydrogen-bond donors (Lipinski definition) is 1. The van der Waals surface area contributed by atoms with Gasteiger partial charge in [0.25, 0.3) is 10.0 Å². The average Bonchev–Trinajstić information content (AvgIpc) is 3.66. The van der Waals surface area contributed by atoms with Crippen molar-refractivity contribution in [3.63, 3.8) is 0 Å². The number of halogens is 2. The Kier molecular flexibility index (Phi) is 13.3. The van der Waals surface area contributed by atoms with E-state index >= 15 is 0 Å². The van der Waals surface area contributed by atoms with E-state index in [2.05, 4.69) is 5.32 Å². The zero-order valence-corrected chi connectivity index (χ0v) is 31.7. The van der Waals surface area contributed by atoms with Gasteiger partial charge in [0.15, 0.2) is 11.5 Å². The first-order valence-corrected chi connectivity index (χ1v) is 19.3. The summed E-state index contributed by atoms with van der Waals surface area (Å²) in [5.74, 6) is 0.0783. The van der Waals surface area contributed by atoms with Crippen molar-refractivity contribution in [2.24, 2.45) is 0 Å². The molecule has 4 aromatic rings. The van der Waals surface area contributed by atoms with Gasteiger partial charge in [-0.05, 0) is 73.9 Å². The van der Waals surface area contributed by atoms with Crippen LogP contribution in [0.25, 0.3) is 0 Å². The van der Waals surface area contributed by atoms with Gasteiger partial charge in [-0.2, -0.15) is 0 Å². The first-order valence-electron chi connectivity index (χ1n) is 17.1. The number of carbonyl (C=O) groups excluding carboxylic acids is 2. The molecular weight excluding hydrogens is 725 g/mol. The third kappa shape index (κ3) is 9.31. The predicted octanol–water partition coefficient (Wildman–Crippen LogP) is 7.30. The van der Waals surface area contributed by atoms with Crippen LogP contribution in [0.1, 0.15) is 43.7 Å². The van der Waals surface area contributed by atoms with Crippen LogP contribution in [0.15, 0.2) is 95.9 Å². The molecule has 0 bridgehead atoms. The predicted molar refractivity (Wildman–Crippen MR) is 203 cm³/mol. The quantitative estimate of drug-likeness (QED) is 0.127. The van der Waals surface area contributed by atoms with Crippen molar-refractivity contribution in [3.8, 4) is 17.2 Å². The average molecular weight is 769 g/mol. The Balaban J connectivity index is 1.61. The largest absolute Gasteiger partial charge is 0.494 e. The SMILES string of the molecule is CCOc1ccc(N(CC(=O)N(Cc2c(Cl)cccc2Cl)[C@@H](Cc2ccccc2)C(=O)NC2CCCC2)S(=O)(=O)c2ccc(OC)c(OC)c2)cc1. The van der Waals surface area contributed by atoms with Crippen LogP contribution in [-0.2, 0) is 32.6 Å². The van der Waals surface area contributed by atoms with Crippen LogP contribution in [0.5, 0.6) is 17.2 Å². The molecule has 5 rings (SSSR count). The second-order valence-electron chi connectivity index (χ2n) is 12.4. The molecular formula is C39H43Cl2N3O7S. The molecule has 1 fully saturated rings. The number of nitrogens with zero attached hydrogens (tertiary/aromatic N) is 2. The summed E-state index contributed by atoms with van der Waals surface area (Å²) in [6.45, 7) is 1.45. The van der Waals surface area contributed by atoms with Crippen molar-refractivity contribution in [1.82, 2.24) is 10.2 Å². The molecule has 0 aromatic heterocycles. The Morgan fingerprint density at radius 3 is 2.13 bits per heavy atom. The van der Waals surface area contributed by atoms with Crippen LogP contribution >= 0.6 is 23.2 Å². The van der Waals surface area contributed by atoms with Gasteiger partial charge in [-0.1, -0.05) is 72.4 Å². The molecule has 1 N–H and O–H groups in total. The topological polar surface area (TPSA) is 114 Å². The molecule has 276 valence electrons. The number of nitrogens with one attached hydrogen (secondary N) is 1. The molecule has 1 atom stereocenters. The monoisotopic (exact) mass is 767 g/mol. The van der Waals surface area contributed by atoms with E-state index in [9.17, 15) is 18.0 Å². The lowest BCUT2D eigenvalue weighted by molar-refractivity contribution is -0.140. The molecule has 0 radical (unpaired) electrons. The molecule has 0 unspecified atom stereocenters. The molecule has 1 saturated carbocycles. The normalized spacial score (nSPS) is 13.6. The van der Waals surface area contributed by atoms with Crippen LogP contribution in [0.3, 0.4) is 0 Å². The van der Waals surface area contributed by atoms with Crippen LogP contribution in [0.2, 0.25) is 10.0 Å². The van der Waals surface area contributed by atoms with E-state index in [1.807, 2.05) is 37.3 Å². The van der Waals surface area contributed by atoms with Crippen molar-refractivity contribution in [2.45, 2.75) is 62.6 Å². The molecule has 13 heteroatoms. The molecule has 1 aliphatic rings. The highest BCUT2D eigenvalue weighted by molar-refractivity contribution is 7.92. The van der Waals surface area contributed by atoms with Crippen LogP contribution in [0.4, 0.5) is 5.69 Å². The fourth-order valence-electron chi connectivity index (χ4n) is 6.28. The third-order valence-corrected chi connectivity index (χ3v) is 11.5. The maximum atomic E-state index is 14.9. The summed E-state index contributed by atoms with van der Waals surface area (Å²) in [4.78, 5) is 30.4. The van der Waals surface area contributed by atoms with Crippen molar-refractivity contribution in [3.05, 3.63) is 112 Å². The summed E-state index contributed by atoms with van der Waals surface area (Å²) >= 11 is 13.3. The van der Waals surface area contributed by atoms with Gasteiger partial charge in [0.1, 0.15) is 18.3 Å². The second-order valence-corrected chi connectivity index (χ2v) is 15.0. The first-order chi connectivity index (χ1) is 25.0. The minimum atomic E-state index is -4.42. The molecule has 4 aromatic carbocycles. The van der Waals surface area contributed by atoms with Crippen LogP contribution in [0, 0.1) is 0 Å². The van der Waals surface area contributed by atoms with Gasteiger partial charge in [-0.25, -0.2) is 8.42 Å². The maximum absolute atomic E-state index is 14.9. The fraction of sp³-hybridized carbons (Fsp3) is 0.333. The lowest BCUT2D eigenvalue weighted by atomic mass is 10.0. The molecule has 1 aliphatic carbocycles.